The molecule has 1 heteroatoms. The number of fused-ring (bicyclic) bond motifs is 5. The standard InChI is InChI=1S/C30H45F/c1-16(2)27-7-6-20(29(31,14-27)15-27)9-18(4)28-12-19(13-28)10-21(28)8-17(3)26(5)23-11-22-24-25(26)30(22,23)24/h16-25H,6-15H2,1-5H3. The summed E-state index contributed by atoms with van der Waals surface area (Å²) in [6, 6.07) is 0. The number of halogens is 1. The van der Waals surface area contributed by atoms with E-state index in [2.05, 4.69) is 34.6 Å². The maximum Gasteiger partial charge on any atom is 0.115 e. The molecule has 0 N–H and O–H groups in total. The van der Waals surface area contributed by atoms with Gasteiger partial charge in [-0.15, -0.1) is 0 Å². The average molecular weight is 425 g/mol. The molecule has 10 rings (SSSR count). The van der Waals surface area contributed by atoms with Gasteiger partial charge in [0.05, 0.1) is 0 Å². The molecule has 4 bridgehead atoms. The monoisotopic (exact) mass is 424 g/mol. The van der Waals surface area contributed by atoms with Crippen LogP contribution >= 0.6 is 0 Å². The Balaban J connectivity index is 0.958. The normalized spacial score (nSPS) is 67.3. The zero-order valence-corrected chi connectivity index (χ0v) is 20.7. The van der Waals surface area contributed by atoms with E-state index < -0.39 is 5.67 Å². The molecule has 10 aliphatic carbocycles. The van der Waals surface area contributed by atoms with Gasteiger partial charge in [0.2, 0.25) is 0 Å². The highest BCUT2D eigenvalue weighted by molar-refractivity contribution is 5.51. The summed E-state index contributed by atoms with van der Waals surface area (Å²) >= 11 is 0. The smallest absolute Gasteiger partial charge is 0.115 e. The Labute approximate surface area is 189 Å². The molecular weight excluding hydrogens is 379 g/mol. The molecule has 10 unspecified atom stereocenters. The predicted molar refractivity (Wildman–Crippen MR) is 123 cm³/mol. The van der Waals surface area contributed by atoms with Gasteiger partial charge in [-0.1, -0.05) is 34.6 Å². The summed E-state index contributed by atoms with van der Waals surface area (Å²) in [7, 11) is 0. The van der Waals surface area contributed by atoms with Crippen molar-refractivity contribution in [2.75, 3.05) is 0 Å². The highest BCUT2D eigenvalue weighted by atomic mass is 19.1. The zero-order chi connectivity index (χ0) is 21.3. The van der Waals surface area contributed by atoms with Gasteiger partial charge in [-0.2, -0.15) is 0 Å². The molecule has 10 saturated carbocycles. The molecule has 0 amide bonds. The third-order valence-electron chi connectivity index (χ3n) is 15.2. The number of hydrogen-bond acceptors (Lipinski definition) is 0. The van der Waals surface area contributed by atoms with E-state index in [-0.39, 0.29) is 0 Å². The summed E-state index contributed by atoms with van der Waals surface area (Å²) in [5.41, 5.74) is 1.81. The fourth-order valence-corrected chi connectivity index (χ4v) is 13.1. The first kappa shape index (κ1) is 19.3. The minimum Gasteiger partial charge on any atom is -0.244 e. The van der Waals surface area contributed by atoms with Crippen molar-refractivity contribution in [2.24, 2.45) is 80.8 Å². The number of alkyl halides is 1. The molecule has 0 nitrogen and oxygen atoms in total. The minimum absolute atomic E-state index is 0.360. The molecule has 0 aromatic carbocycles. The van der Waals surface area contributed by atoms with Gasteiger partial charge in [0.1, 0.15) is 5.67 Å². The number of hydrogen-bond donors (Lipinski definition) is 0. The van der Waals surface area contributed by atoms with Crippen LogP contribution in [-0.4, -0.2) is 5.67 Å². The van der Waals surface area contributed by atoms with Crippen LogP contribution in [0, 0.1) is 80.8 Å². The zero-order valence-electron chi connectivity index (χ0n) is 20.7. The Bertz CT molecular complexity index is 844. The van der Waals surface area contributed by atoms with Crippen LogP contribution in [0.4, 0.5) is 4.39 Å². The Morgan fingerprint density at radius 1 is 0.935 bits per heavy atom. The first-order chi connectivity index (χ1) is 14.6. The Hall–Kier alpha value is -0.0700. The molecule has 10 aliphatic rings. The van der Waals surface area contributed by atoms with E-state index in [1.54, 1.807) is 6.42 Å². The Kier molecular flexibility index (Phi) is 3.18. The fraction of sp³-hybridized carbons (Fsp3) is 1.00. The summed E-state index contributed by atoms with van der Waals surface area (Å²) in [4.78, 5) is 0. The van der Waals surface area contributed by atoms with Crippen molar-refractivity contribution in [1.29, 1.82) is 0 Å². The SMILES string of the molecule is CC(C)C12CCC(CC(C)C34CC(CC3CC(C)C3(C)C5CC6C7C3C675)C4)C(F)(C1)C2. The largest absolute Gasteiger partial charge is 0.244 e. The van der Waals surface area contributed by atoms with E-state index in [0.717, 1.165) is 53.8 Å². The molecule has 10 atom stereocenters. The molecule has 0 aliphatic heterocycles. The molecular formula is C30H45F. The predicted octanol–water partition coefficient (Wildman–Crippen LogP) is 7.91. The Morgan fingerprint density at radius 2 is 1.65 bits per heavy atom. The molecule has 0 saturated heterocycles. The van der Waals surface area contributed by atoms with E-state index in [9.17, 15) is 0 Å². The van der Waals surface area contributed by atoms with Crippen LogP contribution in [0.25, 0.3) is 0 Å². The summed E-state index contributed by atoms with van der Waals surface area (Å²) < 4.78 is 15.8. The lowest BCUT2D eigenvalue weighted by Gasteiger charge is -2.65. The maximum absolute atomic E-state index is 15.8. The highest BCUT2D eigenvalue weighted by Crippen LogP contribution is 3.09. The van der Waals surface area contributed by atoms with E-state index in [4.69, 9.17) is 0 Å². The van der Waals surface area contributed by atoms with E-state index in [0.29, 0.717) is 28.1 Å². The van der Waals surface area contributed by atoms with Crippen LogP contribution in [0.5, 0.6) is 0 Å². The lowest BCUT2D eigenvalue weighted by Crippen LogP contribution is -2.60. The summed E-state index contributed by atoms with van der Waals surface area (Å²) in [5.74, 6) is 9.35. The Morgan fingerprint density at radius 3 is 2.19 bits per heavy atom. The van der Waals surface area contributed by atoms with Crippen molar-refractivity contribution >= 4 is 0 Å². The van der Waals surface area contributed by atoms with Gasteiger partial charge in [0.25, 0.3) is 0 Å². The lowest BCUT2D eigenvalue weighted by molar-refractivity contribution is -0.184. The second kappa shape index (κ2) is 5.12. The first-order valence-electron chi connectivity index (χ1n) is 14.3. The average Bonchev–Trinajstić information content (AvgIpc) is 3.35. The lowest BCUT2D eigenvalue weighted by atomic mass is 9.39. The van der Waals surface area contributed by atoms with E-state index in [1.165, 1.54) is 56.8 Å². The van der Waals surface area contributed by atoms with Gasteiger partial charge in [-0.3, -0.25) is 0 Å². The van der Waals surface area contributed by atoms with Gasteiger partial charge in [-0.25, -0.2) is 4.39 Å². The van der Waals surface area contributed by atoms with Crippen LogP contribution in [0.1, 0.15) is 98.8 Å². The van der Waals surface area contributed by atoms with Crippen molar-refractivity contribution in [2.45, 2.75) is 104 Å². The molecule has 172 valence electrons. The van der Waals surface area contributed by atoms with Gasteiger partial charge in [-0.05, 0) is 145 Å². The first-order valence-corrected chi connectivity index (χ1v) is 14.3. The van der Waals surface area contributed by atoms with Crippen LogP contribution in [0.3, 0.4) is 0 Å². The second-order valence-electron chi connectivity index (χ2n) is 15.6. The van der Waals surface area contributed by atoms with Crippen molar-refractivity contribution in [1.82, 2.24) is 0 Å². The van der Waals surface area contributed by atoms with Crippen molar-refractivity contribution in [3.63, 3.8) is 0 Å². The van der Waals surface area contributed by atoms with Crippen LogP contribution in [0.2, 0.25) is 0 Å². The molecule has 1 spiro atoms. The van der Waals surface area contributed by atoms with Crippen LogP contribution in [0.15, 0.2) is 0 Å². The van der Waals surface area contributed by atoms with E-state index >= 15 is 4.39 Å². The quantitative estimate of drug-likeness (QED) is 0.389. The van der Waals surface area contributed by atoms with Crippen molar-refractivity contribution in [3.05, 3.63) is 0 Å². The molecule has 0 aromatic rings. The molecule has 0 aromatic heterocycles. The molecule has 10 fully saturated rings. The summed E-state index contributed by atoms with van der Waals surface area (Å²) in [6.45, 7) is 12.6. The third kappa shape index (κ3) is 1.80. The van der Waals surface area contributed by atoms with Crippen LogP contribution < -0.4 is 0 Å². The van der Waals surface area contributed by atoms with Crippen LogP contribution in [-0.2, 0) is 0 Å². The van der Waals surface area contributed by atoms with Gasteiger partial charge < -0.3 is 0 Å². The second-order valence-corrected chi connectivity index (χ2v) is 15.6. The topological polar surface area (TPSA) is 0 Å². The van der Waals surface area contributed by atoms with Gasteiger partial charge in [0, 0.05) is 0 Å². The molecule has 0 radical (unpaired) electrons. The fourth-order valence-electron chi connectivity index (χ4n) is 13.1. The van der Waals surface area contributed by atoms with Crippen molar-refractivity contribution < 1.29 is 4.39 Å². The highest BCUT2D eigenvalue weighted by Gasteiger charge is 3.05. The van der Waals surface area contributed by atoms with E-state index in [1.807, 2.05) is 0 Å². The number of rotatable bonds is 7. The summed E-state index contributed by atoms with van der Waals surface area (Å²) in [5, 5.41) is 0. The maximum atomic E-state index is 15.8. The summed E-state index contributed by atoms with van der Waals surface area (Å²) in [6.07, 6.45) is 13.0. The molecule has 31 heavy (non-hydrogen) atoms. The van der Waals surface area contributed by atoms with Gasteiger partial charge in [0.15, 0.2) is 0 Å². The van der Waals surface area contributed by atoms with Gasteiger partial charge >= 0.3 is 0 Å². The van der Waals surface area contributed by atoms with Crippen molar-refractivity contribution in [3.8, 4) is 0 Å². The molecule has 0 heterocycles. The third-order valence-corrected chi connectivity index (χ3v) is 15.2. The minimum atomic E-state index is -0.806.